The second-order valence-corrected chi connectivity index (χ2v) is 5.17. The van der Waals surface area contributed by atoms with Crippen molar-refractivity contribution in [1.82, 2.24) is 9.97 Å². The first-order valence-electron chi connectivity index (χ1n) is 6.66. The topological polar surface area (TPSA) is 52.1 Å². The minimum Gasteiger partial charge on any atom is -0.489 e. The zero-order valence-corrected chi connectivity index (χ0v) is 11.6. The van der Waals surface area contributed by atoms with Gasteiger partial charge in [0, 0.05) is 11.3 Å². The van der Waals surface area contributed by atoms with Crippen LogP contribution in [0.25, 0.3) is 0 Å². The highest BCUT2D eigenvalue weighted by atomic mass is 16.5. The molecule has 0 aromatic carbocycles. The minimum absolute atomic E-state index is 0.0562. The number of aromatic nitrogens is 2. The SMILES string of the molecule is C=CC[C@]1(COc2cnc(C)nc2CC)CC1C=O. The van der Waals surface area contributed by atoms with E-state index in [0.717, 1.165) is 42.8 Å². The van der Waals surface area contributed by atoms with Crippen molar-refractivity contribution in [2.45, 2.75) is 33.1 Å². The zero-order chi connectivity index (χ0) is 13.9. The number of carbonyl (C=O) groups excluding carboxylic acids is 1. The number of rotatable bonds is 7. The quantitative estimate of drug-likeness (QED) is 0.558. The number of hydrogen-bond acceptors (Lipinski definition) is 4. The summed E-state index contributed by atoms with van der Waals surface area (Å²) in [4.78, 5) is 19.5. The molecule has 1 unspecified atom stereocenters. The second kappa shape index (κ2) is 5.51. The third kappa shape index (κ3) is 2.83. The molecule has 0 amide bonds. The monoisotopic (exact) mass is 260 g/mol. The van der Waals surface area contributed by atoms with Crippen molar-refractivity contribution >= 4 is 6.29 Å². The van der Waals surface area contributed by atoms with Gasteiger partial charge in [-0.1, -0.05) is 13.0 Å². The largest absolute Gasteiger partial charge is 0.489 e. The van der Waals surface area contributed by atoms with Crippen LogP contribution in [0.5, 0.6) is 5.75 Å². The van der Waals surface area contributed by atoms with E-state index in [-0.39, 0.29) is 11.3 Å². The van der Waals surface area contributed by atoms with Crippen LogP contribution < -0.4 is 4.74 Å². The second-order valence-electron chi connectivity index (χ2n) is 5.17. The van der Waals surface area contributed by atoms with Gasteiger partial charge in [0.15, 0.2) is 5.75 Å². The molecular weight excluding hydrogens is 240 g/mol. The van der Waals surface area contributed by atoms with Gasteiger partial charge < -0.3 is 9.53 Å². The van der Waals surface area contributed by atoms with Crippen molar-refractivity contribution < 1.29 is 9.53 Å². The van der Waals surface area contributed by atoms with E-state index in [1.165, 1.54) is 0 Å². The maximum atomic E-state index is 10.9. The highest BCUT2D eigenvalue weighted by molar-refractivity contribution is 5.60. The Morgan fingerprint density at radius 2 is 2.42 bits per heavy atom. The van der Waals surface area contributed by atoms with Crippen molar-refractivity contribution in [3.63, 3.8) is 0 Å². The number of ether oxygens (including phenoxy) is 1. The molecule has 2 atom stereocenters. The highest BCUT2D eigenvalue weighted by Gasteiger charge is 2.53. The predicted octanol–water partition coefficient (Wildman–Crippen LogP) is 2.51. The third-order valence-corrected chi connectivity index (χ3v) is 3.77. The first kappa shape index (κ1) is 13.7. The minimum atomic E-state index is -0.0562. The molecule has 1 fully saturated rings. The van der Waals surface area contributed by atoms with Gasteiger partial charge in [0.25, 0.3) is 0 Å². The van der Waals surface area contributed by atoms with E-state index in [1.54, 1.807) is 6.20 Å². The lowest BCUT2D eigenvalue weighted by atomic mass is 10.0. The maximum absolute atomic E-state index is 10.9. The summed E-state index contributed by atoms with van der Waals surface area (Å²) in [7, 11) is 0. The first-order chi connectivity index (χ1) is 9.15. The van der Waals surface area contributed by atoms with Crippen LogP contribution in [0.2, 0.25) is 0 Å². The molecule has 4 nitrogen and oxygen atoms in total. The molecule has 0 spiro atoms. The van der Waals surface area contributed by atoms with E-state index in [4.69, 9.17) is 4.74 Å². The van der Waals surface area contributed by atoms with Crippen LogP contribution in [0.3, 0.4) is 0 Å². The molecule has 1 heterocycles. The van der Waals surface area contributed by atoms with Gasteiger partial charge in [-0.25, -0.2) is 9.97 Å². The van der Waals surface area contributed by atoms with E-state index < -0.39 is 0 Å². The fraction of sp³-hybridized carbons (Fsp3) is 0.533. The summed E-state index contributed by atoms with van der Waals surface area (Å²) in [6.07, 6.45) is 7.12. The standard InChI is InChI=1S/C15H20N2O2/c1-4-6-15(7-12(15)9-18)10-19-14-8-16-11(3)17-13(14)5-2/h4,8-9,12H,1,5-7,10H2,2-3H3/t12?,15-/m1/s1. The zero-order valence-electron chi connectivity index (χ0n) is 11.6. The van der Waals surface area contributed by atoms with Crippen molar-refractivity contribution in [1.29, 1.82) is 0 Å². The van der Waals surface area contributed by atoms with Crippen LogP contribution in [0, 0.1) is 18.3 Å². The molecule has 0 saturated heterocycles. The average molecular weight is 260 g/mol. The highest BCUT2D eigenvalue weighted by Crippen LogP contribution is 2.54. The van der Waals surface area contributed by atoms with Crippen LogP contribution in [-0.4, -0.2) is 22.9 Å². The number of aldehydes is 1. The van der Waals surface area contributed by atoms with Crippen molar-refractivity contribution in [2.24, 2.45) is 11.3 Å². The van der Waals surface area contributed by atoms with Crippen molar-refractivity contribution in [2.75, 3.05) is 6.61 Å². The summed E-state index contributed by atoms with van der Waals surface area (Å²) in [5.41, 5.74) is 0.865. The molecule has 0 N–H and O–H groups in total. The fourth-order valence-electron chi connectivity index (χ4n) is 2.42. The third-order valence-electron chi connectivity index (χ3n) is 3.77. The van der Waals surface area contributed by atoms with Gasteiger partial charge in [0.2, 0.25) is 0 Å². The maximum Gasteiger partial charge on any atom is 0.159 e. The summed E-state index contributed by atoms with van der Waals surface area (Å²) in [6.45, 7) is 8.20. The van der Waals surface area contributed by atoms with Gasteiger partial charge in [-0.15, -0.1) is 6.58 Å². The van der Waals surface area contributed by atoms with Crippen LogP contribution in [0.1, 0.15) is 31.3 Å². The van der Waals surface area contributed by atoms with Crippen LogP contribution in [-0.2, 0) is 11.2 Å². The fourth-order valence-corrected chi connectivity index (χ4v) is 2.42. The lowest BCUT2D eigenvalue weighted by Gasteiger charge is -2.16. The lowest BCUT2D eigenvalue weighted by molar-refractivity contribution is -0.109. The molecular formula is C15H20N2O2. The Hall–Kier alpha value is -1.71. The Morgan fingerprint density at radius 3 is 3.00 bits per heavy atom. The Balaban J connectivity index is 2.06. The molecule has 1 aromatic heterocycles. The van der Waals surface area contributed by atoms with Gasteiger partial charge in [-0.3, -0.25) is 0 Å². The molecule has 1 aromatic rings. The lowest BCUT2D eigenvalue weighted by Crippen LogP contribution is -2.17. The first-order valence-corrected chi connectivity index (χ1v) is 6.66. The van der Waals surface area contributed by atoms with E-state index in [0.29, 0.717) is 6.61 Å². The Kier molecular flexibility index (Phi) is 3.98. The summed E-state index contributed by atoms with van der Waals surface area (Å²) >= 11 is 0. The van der Waals surface area contributed by atoms with Gasteiger partial charge in [-0.2, -0.15) is 0 Å². The van der Waals surface area contributed by atoms with Crippen LogP contribution in [0.15, 0.2) is 18.9 Å². The van der Waals surface area contributed by atoms with Crippen molar-refractivity contribution in [3.05, 3.63) is 30.4 Å². The summed E-state index contributed by atoms with van der Waals surface area (Å²) in [5.74, 6) is 1.58. The molecule has 102 valence electrons. The Labute approximate surface area is 113 Å². The van der Waals surface area contributed by atoms with E-state index in [2.05, 4.69) is 16.5 Å². The molecule has 19 heavy (non-hydrogen) atoms. The number of hydrogen-bond donors (Lipinski definition) is 0. The van der Waals surface area contributed by atoms with Gasteiger partial charge in [0.05, 0.1) is 18.5 Å². The van der Waals surface area contributed by atoms with Gasteiger partial charge >= 0.3 is 0 Å². The normalized spacial score (nSPS) is 24.8. The smallest absolute Gasteiger partial charge is 0.159 e. The summed E-state index contributed by atoms with van der Waals surface area (Å²) in [5, 5.41) is 0. The Morgan fingerprint density at radius 1 is 1.63 bits per heavy atom. The summed E-state index contributed by atoms with van der Waals surface area (Å²) in [6, 6.07) is 0. The van der Waals surface area contributed by atoms with Crippen molar-refractivity contribution in [3.8, 4) is 5.75 Å². The average Bonchev–Trinajstić information content (AvgIpc) is 3.11. The molecule has 0 radical (unpaired) electrons. The number of aryl methyl sites for hydroxylation is 2. The number of allylic oxidation sites excluding steroid dienone is 1. The predicted molar refractivity (Wildman–Crippen MR) is 73.1 cm³/mol. The van der Waals surface area contributed by atoms with Crippen LogP contribution in [0.4, 0.5) is 0 Å². The number of carbonyl (C=O) groups is 1. The molecule has 1 aliphatic rings. The Bertz CT molecular complexity index is 487. The van der Waals surface area contributed by atoms with E-state index in [1.807, 2.05) is 19.9 Å². The van der Waals surface area contributed by atoms with E-state index >= 15 is 0 Å². The molecule has 0 aliphatic heterocycles. The van der Waals surface area contributed by atoms with Crippen LogP contribution >= 0.6 is 0 Å². The molecule has 0 bridgehead atoms. The molecule has 1 saturated carbocycles. The number of nitrogens with zero attached hydrogens (tertiary/aromatic N) is 2. The van der Waals surface area contributed by atoms with Gasteiger partial charge in [-0.05, 0) is 26.2 Å². The molecule has 4 heteroatoms. The summed E-state index contributed by atoms with van der Waals surface area (Å²) < 4.78 is 5.86. The van der Waals surface area contributed by atoms with Gasteiger partial charge in [0.1, 0.15) is 12.1 Å². The molecule has 2 rings (SSSR count). The molecule has 1 aliphatic carbocycles. The van der Waals surface area contributed by atoms with E-state index in [9.17, 15) is 4.79 Å².